The molecule has 0 aromatic heterocycles. The second-order valence-electron chi connectivity index (χ2n) is 4.76. The molecule has 116 valence electrons. The van der Waals surface area contributed by atoms with Gasteiger partial charge in [0.15, 0.2) is 0 Å². The largest absolute Gasteiger partial charge is 0.494 e. The predicted octanol–water partition coefficient (Wildman–Crippen LogP) is 3.73. The lowest BCUT2D eigenvalue weighted by molar-refractivity contribution is -0.137. The average Bonchev–Trinajstić information content (AvgIpc) is 2.93. The van der Waals surface area contributed by atoms with E-state index in [2.05, 4.69) is 5.32 Å². The van der Waals surface area contributed by atoms with E-state index in [1.165, 1.54) is 17.0 Å². The molecular formula is C14H17F3N2O2. The van der Waals surface area contributed by atoms with Crippen molar-refractivity contribution in [2.45, 2.75) is 25.9 Å². The van der Waals surface area contributed by atoms with Gasteiger partial charge in [0, 0.05) is 13.1 Å². The summed E-state index contributed by atoms with van der Waals surface area (Å²) in [6.45, 7) is 3.11. The lowest BCUT2D eigenvalue weighted by atomic mass is 10.1. The quantitative estimate of drug-likeness (QED) is 0.924. The highest BCUT2D eigenvalue weighted by molar-refractivity contribution is 5.90. The van der Waals surface area contributed by atoms with Crippen molar-refractivity contribution in [2.24, 2.45) is 0 Å². The zero-order valence-electron chi connectivity index (χ0n) is 11.7. The molecule has 1 fully saturated rings. The highest BCUT2D eigenvalue weighted by Gasteiger charge is 2.35. The maximum Gasteiger partial charge on any atom is 0.418 e. The number of rotatable bonds is 3. The van der Waals surface area contributed by atoms with E-state index in [9.17, 15) is 18.0 Å². The molecule has 0 atom stereocenters. The minimum Gasteiger partial charge on any atom is -0.494 e. The van der Waals surface area contributed by atoms with Crippen LogP contribution in [0.2, 0.25) is 0 Å². The first-order valence-corrected chi connectivity index (χ1v) is 6.82. The van der Waals surface area contributed by atoms with E-state index in [0.29, 0.717) is 13.1 Å². The molecule has 21 heavy (non-hydrogen) atoms. The molecule has 0 saturated carbocycles. The van der Waals surface area contributed by atoms with Gasteiger partial charge in [0.1, 0.15) is 5.75 Å². The third-order valence-electron chi connectivity index (χ3n) is 3.24. The first kappa shape index (κ1) is 15.5. The van der Waals surface area contributed by atoms with Crippen molar-refractivity contribution in [3.63, 3.8) is 0 Å². The van der Waals surface area contributed by atoms with E-state index in [4.69, 9.17) is 4.74 Å². The van der Waals surface area contributed by atoms with Gasteiger partial charge in [-0.05, 0) is 38.0 Å². The second-order valence-corrected chi connectivity index (χ2v) is 4.76. The third kappa shape index (κ3) is 3.80. The fourth-order valence-electron chi connectivity index (χ4n) is 2.24. The van der Waals surface area contributed by atoms with Crippen LogP contribution in [0.25, 0.3) is 0 Å². The van der Waals surface area contributed by atoms with Gasteiger partial charge in [-0.15, -0.1) is 0 Å². The Morgan fingerprint density at radius 1 is 1.33 bits per heavy atom. The molecular weight excluding hydrogens is 285 g/mol. The number of alkyl halides is 3. The van der Waals surface area contributed by atoms with Crippen molar-refractivity contribution < 1.29 is 22.7 Å². The SMILES string of the molecule is CCOc1ccc(NC(=O)N2CCCC2)c(C(F)(F)F)c1. The summed E-state index contributed by atoms with van der Waals surface area (Å²) in [4.78, 5) is 13.4. The van der Waals surface area contributed by atoms with E-state index in [-0.39, 0.29) is 18.0 Å². The Kier molecular flexibility index (Phi) is 4.59. The molecule has 0 spiro atoms. The Labute approximate surface area is 120 Å². The Morgan fingerprint density at radius 2 is 2.00 bits per heavy atom. The number of carbonyl (C=O) groups is 1. The smallest absolute Gasteiger partial charge is 0.418 e. The third-order valence-corrected chi connectivity index (χ3v) is 3.24. The van der Waals surface area contributed by atoms with Gasteiger partial charge in [0.05, 0.1) is 17.9 Å². The number of nitrogens with zero attached hydrogens (tertiary/aromatic N) is 1. The molecule has 1 aliphatic rings. The molecule has 0 unspecified atom stereocenters. The molecule has 2 amide bonds. The standard InChI is InChI=1S/C14H17F3N2O2/c1-2-21-10-5-6-12(11(9-10)14(15,16)17)18-13(20)19-7-3-4-8-19/h5-6,9H,2-4,7-8H2,1H3,(H,18,20). The Hall–Kier alpha value is -1.92. The van der Waals surface area contributed by atoms with Crippen LogP contribution in [0.1, 0.15) is 25.3 Å². The van der Waals surface area contributed by atoms with Crippen molar-refractivity contribution in [3.8, 4) is 5.75 Å². The molecule has 4 nitrogen and oxygen atoms in total. The van der Waals surface area contributed by atoms with Crippen molar-refractivity contribution in [1.29, 1.82) is 0 Å². The number of likely N-dealkylation sites (tertiary alicyclic amines) is 1. The van der Waals surface area contributed by atoms with Gasteiger partial charge < -0.3 is 15.0 Å². The first-order chi connectivity index (χ1) is 9.91. The van der Waals surface area contributed by atoms with Crippen LogP contribution >= 0.6 is 0 Å². The number of anilines is 1. The van der Waals surface area contributed by atoms with Gasteiger partial charge >= 0.3 is 12.2 Å². The van der Waals surface area contributed by atoms with Gasteiger partial charge in [-0.1, -0.05) is 0 Å². The van der Waals surface area contributed by atoms with E-state index >= 15 is 0 Å². The van der Waals surface area contributed by atoms with Crippen LogP contribution in [-0.4, -0.2) is 30.6 Å². The number of nitrogens with one attached hydrogen (secondary N) is 1. The maximum absolute atomic E-state index is 13.1. The van der Waals surface area contributed by atoms with Gasteiger partial charge in [-0.2, -0.15) is 13.2 Å². The molecule has 2 rings (SSSR count). The number of carbonyl (C=O) groups excluding carboxylic acids is 1. The lowest BCUT2D eigenvalue weighted by Crippen LogP contribution is -2.32. The molecule has 0 radical (unpaired) electrons. The zero-order valence-corrected chi connectivity index (χ0v) is 11.7. The van der Waals surface area contributed by atoms with E-state index in [1.54, 1.807) is 6.92 Å². The molecule has 1 heterocycles. The Balaban J connectivity index is 2.23. The predicted molar refractivity (Wildman–Crippen MR) is 72.4 cm³/mol. The Morgan fingerprint density at radius 3 is 2.57 bits per heavy atom. The number of hydrogen-bond donors (Lipinski definition) is 1. The van der Waals surface area contributed by atoms with Crippen molar-refractivity contribution in [1.82, 2.24) is 4.90 Å². The van der Waals surface area contributed by atoms with Crippen LogP contribution in [0.15, 0.2) is 18.2 Å². The molecule has 1 aliphatic heterocycles. The highest BCUT2D eigenvalue weighted by Crippen LogP contribution is 2.37. The number of urea groups is 1. The van der Waals surface area contributed by atoms with Gasteiger partial charge in [0.25, 0.3) is 0 Å². The topological polar surface area (TPSA) is 41.6 Å². The monoisotopic (exact) mass is 302 g/mol. The summed E-state index contributed by atoms with van der Waals surface area (Å²) in [5.41, 5.74) is -1.15. The van der Waals surface area contributed by atoms with Crippen molar-refractivity contribution in [3.05, 3.63) is 23.8 Å². The summed E-state index contributed by atoms with van der Waals surface area (Å²) < 4.78 is 44.3. The molecule has 1 aromatic carbocycles. The van der Waals surface area contributed by atoms with Crippen LogP contribution in [0.3, 0.4) is 0 Å². The summed E-state index contributed by atoms with van der Waals surface area (Å²) in [5.74, 6) is 0.129. The summed E-state index contributed by atoms with van der Waals surface area (Å²) in [7, 11) is 0. The van der Waals surface area contributed by atoms with E-state index in [0.717, 1.165) is 18.9 Å². The van der Waals surface area contributed by atoms with Crippen LogP contribution in [0.4, 0.5) is 23.7 Å². The molecule has 1 N–H and O–H groups in total. The lowest BCUT2D eigenvalue weighted by Gasteiger charge is -2.19. The van der Waals surface area contributed by atoms with Gasteiger partial charge in [-0.25, -0.2) is 4.79 Å². The molecule has 0 bridgehead atoms. The second kappa shape index (κ2) is 6.24. The fourth-order valence-corrected chi connectivity index (χ4v) is 2.24. The summed E-state index contributed by atoms with van der Waals surface area (Å²) in [6.07, 6.45) is -2.80. The van der Waals surface area contributed by atoms with Crippen LogP contribution in [0, 0.1) is 0 Å². The first-order valence-electron chi connectivity index (χ1n) is 6.82. The minimum absolute atomic E-state index is 0.129. The number of ether oxygens (including phenoxy) is 1. The van der Waals surface area contributed by atoms with E-state index < -0.39 is 17.8 Å². The van der Waals surface area contributed by atoms with Crippen LogP contribution < -0.4 is 10.1 Å². The van der Waals surface area contributed by atoms with E-state index in [1.807, 2.05) is 0 Å². The summed E-state index contributed by atoms with van der Waals surface area (Å²) in [5, 5.41) is 2.34. The molecule has 0 aliphatic carbocycles. The average molecular weight is 302 g/mol. The number of hydrogen-bond acceptors (Lipinski definition) is 2. The Bertz CT molecular complexity index is 511. The number of amides is 2. The minimum atomic E-state index is -4.55. The van der Waals surface area contributed by atoms with Gasteiger partial charge in [-0.3, -0.25) is 0 Å². The van der Waals surface area contributed by atoms with Crippen molar-refractivity contribution >= 4 is 11.7 Å². The number of halogens is 3. The fraction of sp³-hybridized carbons (Fsp3) is 0.500. The maximum atomic E-state index is 13.1. The number of benzene rings is 1. The van der Waals surface area contributed by atoms with Crippen molar-refractivity contribution in [2.75, 3.05) is 25.0 Å². The van der Waals surface area contributed by atoms with Gasteiger partial charge in [0.2, 0.25) is 0 Å². The van der Waals surface area contributed by atoms with Crippen LogP contribution in [0.5, 0.6) is 5.75 Å². The van der Waals surface area contributed by atoms with Crippen LogP contribution in [-0.2, 0) is 6.18 Å². The normalized spacial score (nSPS) is 15.1. The summed E-state index contributed by atoms with van der Waals surface area (Å²) >= 11 is 0. The molecule has 1 saturated heterocycles. The zero-order chi connectivity index (χ0) is 15.5. The summed E-state index contributed by atoms with van der Waals surface area (Å²) in [6, 6.07) is 3.05. The molecule has 7 heteroatoms. The highest BCUT2D eigenvalue weighted by atomic mass is 19.4. The molecule has 1 aromatic rings.